The lowest BCUT2D eigenvalue weighted by molar-refractivity contribution is 0.0679. The van der Waals surface area contributed by atoms with Crippen LogP contribution < -0.4 is 5.73 Å². The number of nitrogens with two attached hydrogens (primary N) is 1. The number of likely N-dealkylation sites (tertiary alicyclic amines) is 1. The molecule has 0 radical (unpaired) electrons. The van der Waals surface area contributed by atoms with E-state index >= 15 is 0 Å². The Morgan fingerprint density at radius 2 is 2.00 bits per heavy atom. The number of nitrogen functional groups attached to an aromatic ring is 1. The number of carbonyl (C=O) groups excluding carboxylic acids is 1. The minimum Gasteiger partial charge on any atom is -0.398 e. The summed E-state index contributed by atoms with van der Waals surface area (Å²) < 4.78 is 0. The van der Waals surface area contributed by atoms with Gasteiger partial charge in [-0.05, 0) is 35.7 Å². The third-order valence-electron chi connectivity index (χ3n) is 4.00. The largest absolute Gasteiger partial charge is 0.398 e. The Morgan fingerprint density at radius 3 is 2.70 bits per heavy atom. The summed E-state index contributed by atoms with van der Waals surface area (Å²) >= 11 is 0. The van der Waals surface area contributed by atoms with Crippen LogP contribution in [0.3, 0.4) is 0 Å². The van der Waals surface area contributed by atoms with Gasteiger partial charge in [0.1, 0.15) is 0 Å². The lowest BCUT2D eigenvalue weighted by atomic mass is 10.0. The lowest BCUT2D eigenvalue weighted by Crippen LogP contribution is -2.37. The van der Waals surface area contributed by atoms with E-state index in [1.807, 2.05) is 36.4 Å². The highest BCUT2D eigenvalue weighted by Crippen LogP contribution is 2.26. The van der Waals surface area contributed by atoms with Gasteiger partial charge in [0.25, 0.3) is 5.91 Å². The second-order valence-electron chi connectivity index (χ2n) is 5.26. The number of benzene rings is 2. The van der Waals surface area contributed by atoms with Crippen molar-refractivity contribution in [2.24, 2.45) is 0 Å². The number of aliphatic hydroxyl groups excluding tert-OH is 1. The molecule has 3 rings (SSSR count). The van der Waals surface area contributed by atoms with E-state index in [0.29, 0.717) is 17.8 Å². The van der Waals surface area contributed by atoms with E-state index in [0.717, 1.165) is 23.6 Å². The van der Waals surface area contributed by atoms with Crippen LogP contribution in [0.25, 0.3) is 10.8 Å². The maximum absolute atomic E-state index is 12.6. The van der Waals surface area contributed by atoms with Crippen LogP contribution in [0.5, 0.6) is 0 Å². The molecule has 1 aliphatic heterocycles. The zero-order valence-corrected chi connectivity index (χ0v) is 11.2. The summed E-state index contributed by atoms with van der Waals surface area (Å²) in [7, 11) is 0. The maximum Gasteiger partial charge on any atom is 0.256 e. The van der Waals surface area contributed by atoms with Crippen molar-refractivity contribution in [3.05, 3.63) is 42.0 Å². The molecule has 4 heteroatoms. The highest BCUT2D eigenvalue weighted by molar-refractivity contribution is 6.04. The Balaban J connectivity index is 2.01. The van der Waals surface area contributed by atoms with Gasteiger partial charge in [-0.3, -0.25) is 4.79 Å². The van der Waals surface area contributed by atoms with Gasteiger partial charge in [-0.25, -0.2) is 0 Å². The molecule has 4 nitrogen and oxygen atoms in total. The predicted octanol–water partition coefficient (Wildman–Crippen LogP) is 2.02. The summed E-state index contributed by atoms with van der Waals surface area (Å²) in [6.45, 7) is 0.704. The predicted molar refractivity (Wildman–Crippen MR) is 79.5 cm³/mol. The third-order valence-corrected chi connectivity index (χ3v) is 4.00. The molecule has 1 amide bonds. The highest BCUT2D eigenvalue weighted by atomic mass is 16.3. The normalized spacial score (nSPS) is 18.6. The van der Waals surface area contributed by atoms with Crippen LogP contribution in [0.2, 0.25) is 0 Å². The summed E-state index contributed by atoms with van der Waals surface area (Å²) in [6, 6.07) is 11.5. The second-order valence-corrected chi connectivity index (χ2v) is 5.26. The summed E-state index contributed by atoms with van der Waals surface area (Å²) in [5.74, 6) is -0.0789. The number of carbonyl (C=O) groups is 1. The van der Waals surface area contributed by atoms with Gasteiger partial charge in [0.05, 0.1) is 18.2 Å². The van der Waals surface area contributed by atoms with Gasteiger partial charge < -0.3 is 15.7 Å². The molecule has 1 saturated heterocycles. The minimum absolute atomic E-state index is 0.0131. The molecule has 3 N–H and O–H groups in total. The van der Waals surface area contributed by atoms with Crippen molar-refractivity contribution in [1.82, 2.24) is 4.90 Å². The van der Waals surface area contributed by atoms with Crippen LogP contribution in [0, 0.1) is 0 Å². The zero-order chi connectivity index (χ0) is 14.1. The first-order chi connectivity index (χ1) is 9.70. The van der Waals surface area contributed by atoms with Crippen molar-refractivity contribution in [2.45, 2.75) is 18.9 Å². The molecular formula is C16H18N2O2. The fourth-order valence-electron chi connectivity index (χ4n) is 2.89. The standard InChI is InChI=1S/C16H18N2O2/c17-15-9-12-5-2-1-4-11(12)8-14(15)16(20)18-7-3-6-13(18)10-19/h1-2,4-5,8-9,13,19H,3,6-7,10,17H2/t13-/m1/s1. The summed E-state index contributed by atoms with van der Waals surface area (Å²) in [4.78, 5) is 14.4. The first-order valence-electron chi connectivity index (χ1n) is 6.91. The molecule has 1 atom stereocenters. The van der Waals surface area contributed by atoms with Crippen LogP contribution in [0.1, 0.15) is 23.2 Å². The third kappa shape index (κ3) is 2.12. The Kier molecular flexibility index (Phi) is 3.32. The molecule has 1 fully saturated rings. The van der Waals surface area contributed by atoms with Gasteiger partial charge in [0.15, 0.2) is 0 Å². The molecule has 0 unspecified atom stereocenters. The molecule has 104 valence electrons. The van der Waals surface area contributed by atoms with Gasteiger partial charge in [-0.15, -0.1) is 0 Å². The molecule has 2 aromatic rings. The van der Waals surface area contributed by atoms with Crippen LogP contribution in [0.4, 0.5) is 5.69 Å². The van der Waals surface area contributed by atoms with E-state index in [1.54, 1.807) is 4.90 Å². The van der Waals surface area contributed by atoms with Crippen molar-refractivity contribution in [2.75, 3.05) is 18.9 Å². The van der Waals surface area contributed by atoms with Gasteiger partial charge in [0, 0.05) is 12.2 Å². The average molecular weight is 270 g/mol. The Bertz CT molecular complexity index is 654. The second kappa shape index (κ2) is 5.13. The van der Waals surface area contributed by atoms with E-state index in [2.05, 4.69) is 0 Å². The summed E-state index contributed by atoms with van der Waals surface area (Å²) in [6.07, 6.45) is 1.79. The quantitative estimate of drug-likeness (QED) is 0.820. The van der Waals surface area contributed by atoms with Crippen molar-refractivity contribution < 1.29 is 9.90 Å². The smallest absolute Gasteiger partial charge is 0.256 e. The number of anilines is 1. The van der Waals surface area contributed by atoms with Crippen LogP contribution in [-0.4, -0.2) is 35.1 Å². The molecule has 2 aromatic carbocycles. The van der Waals surface area contributed by atoms with Crippen molar-refractivity contribution in [3.63, 3.8) is 0 Å². The molecule has 0 spiro atoms. The lowest BCUT2D eigenvalue weighted by Gasteiger charge is -2.23. The number of hydrogen-bond acceptors (Lipinski definition) is 3. The molecule has 1 aliphatic rings. The summed E-state index contributed by atoms with van der Waals surface area (Å²) in [5, 5.41) is 11.4. The van der Waals surface area contributed by atoms with Crippen molar-refractivity contribution in [3.8, 4) is 0 Å². The molecule has 0 bridgehead atoms. The topological polar surface area (TPSA) is 66.6 Å². The molecule has 0 saturated carbocycles. The van der Waals surface area contributed by atoms with E-state index in [4.69, 9.17) is 5.73 Å². The number of aliphatic hydroxyl groups is 1. The van der Waals surface area contributed by atoms with Crippen LogP contribution in [0.15, 0.2) is 36.4 Å². The number of rotatable bonds is 2. The first-order valence-corrected chi connectivity index (χ1v) is 6.91. The monoisotopic (exact) mass is 270 g/mol. The van der Waals surface area contributed by atoms with Gasteiger partial charge in [-0.2, -0.15) is 0 Å². The Morgan fingerprint density at radius 1 is 1.30 bits per heavy atom. The fourth-order valence-corrected chi connectivity index (χ4v) is 2.89. The molecule has 0 aliphatic carbocycles. The van der Waals surface area contributed by atoms with Gasteiger partial charge in [0.2, 0.25) is 0 Å². The maximum atomic E-state index is 12.6. The Labute approximate surface area is 117 Å². The number of nitrogens with zero attached hydrogens (tertiary/aromatic N) is 1. The summed E-state index contributed by atoms with van der Waals surface area (Å²) in [5.41, 5.74) is 7.06. The SMILES string of the molecule is Nc1cc2ccccc2cc1C(=O)N1CCC[C@@H]1CO. The van der Waals surface area contributed by atoms with Gasteiger partial charge >= 0.3 is 0 Å². The van der Waals surface area contributed by atoms with Crippen molar-refractivity contribution in [1.29, 1.82) is 0 Å². The highest BCUT2D eigenvalue weighted by Gasteiger charge is 2.29. The van der Waals surface area contributed by atoms with E-state index < -0.39 is 0 Å². The molecule has 0 aromatic heterocycles. The first kappa shape index (κ1) is 12.9. The number of hydrogen-bond donors (Lipinski definition) is 2. The van der Waals surface area contributed by atoms with E-state index in [9.17, 15) is 9.90 Å². The van der Waals surface area contributed by atoms with Gasteiger partial charge in [-0.1, -0.05) is 24.3 Å². The fraction of sp³-hybridized carbons (Fsp3) is 0.312. The van der Waals surface area contributed by atoms with E-state index in [-0.39, 0.29) is 18.6 Å². The van der Waals surface area contributed by atoms with Crippen LogP contribution >= 0.6 is 0 Å². The van der Waals surface area contributed by atoms with Crippen LogP contribution in [-0.2, 0) is 0 Å². The minimum atomic E-state index is -0.0789. The number of fused-ring (bicyclic) bond motifs is 1. The van der Waals surface area contributed by atoms with Crippen molar-refractivity contribution >= 4 is 22.4 Å². The molecule has 1 heterocycles. The number of amides is 1. The molecule has 20 heavy (non-hydrogen) atoms. The average Bonchev–Trinajstić information content (AvgIpc) is 2.94. The van der Waals surface area contributed by atoms with E-state index in [1.165, 1.54) is 0 Å². The Hall–Kier alpha value is -2.07. The zero-order valence-electron chi connectivity index (χ0n) is 11.2. The molecular weight excluding hydrogens is 252 g/mol.